The Morgan fingerprint density at radius 1 is 1.11 bits per heavy atom. The number of fused-ring (bicyclic) bond motifs is 2. The predicted octanol–water partition coefficient (Wildman–Crippen LogP) is 1.99. The lowest BCUT2D eigenvalue weighted by Crippen LogP contribution is -2.78. The lowest BCUT2D eigenvalue weighted by atomic mass is 9.34. The number of hydrogen-bond donors (Lipinski definition) is 1. The smallest absolute Gasteiger partial charge is 0.322 e. The molecule has 4 aliphatic carbocycles. The maximum Gasteiger partial charge on any atom is 0.322 e. The van der Waals surface area contributed by atoms with Crippen LogP contribution in [0.25, 0.3) is 0 Å². The number of carbonyl (C=O) groups excluding carboxylic acids is 5. The Morgan fingerprint density at radius 3 is 2.26 bits per heavy atom. The zero-order valence-electron chi connectivity index (χ0n) is 22.8. The van der Waals surface area contributed by atoms with E-state index >= 15 is 0 Å². The number of methoxy groups -OCH3 is 1. The number of carbonyl (C=O) groups is 5. The summed E-state index contributed by atoms with van der Waals surface area (Å²) >= 11 is 0. The van der Waals surface area contributed by atoms with Gasteiger partial charge < -0.3 is 24.1 Å². The molecule has 0 aromatic carbocycles. The lowest BCUT2D eigenvalue weighted by molar-refractivity contribution is -0.283. The highest BCUT2D eigenvalue weighted by Crippen LogP contribution is 2.94. The first-order valence-corrected chi connectivity index (χ1v) is 12.8. The molecular weight excluding hydrogens is 496 g/mol. The topological polar surface area (TPSA) is 142 Å². The third kappa shape index (κ3) is 1.80. The van der Waals surface area contributed by atoms with Crippen molar-refractivity contribution < 1.29 is 48.0 Å². The number of cyclic esters (lactones) is 1. The molecule has 204 valence electrons. The van der Waals surface area contributed by atoms with E-state index in [1.165, 1.54) is 27.7 Å². The molecule has 38 heavy (non-hydrogen) atoms. The van der Waals surface area contributed by atoms with Gasteiger partial charge >= 0.3 is 17.9 Å². The number of esters is 3. The van der Waals surface area contributed by atoms with Crippen LogP contribution in [0.3, 0.4) is 0 Å². The average molecular weight is 529 g/mol. The minimum absolute atomic E-state index is 0.0725. The number of Topliss-reactive ketones (excluding diaryl/α,β-unsaturated/α-hetero) is 2. The summed E-state index contributed by atoms with van der Waals surface area (Å²) in [7, 11) is 1.15. The normalized spacial score (nSPS) is 50.9. The molecule has 0 radical (unpaired) electrons. The molecule has 10 heteroatoms. The minimum atomic E-state index is -2.69. The molecular formula is C28H32O10. The van der Waals surface area contributed by atoms with Crippen molar-refractivity contribution >= 4 is 29.5 Å². The second-order valence-corrected chi connectivity index (χ2v) is 12.8. The molecule has 9 atom stereocenters. The Bertz CT molecular complexity index is 1370. The molecule has 0 unspecified atom stereocenters. The van der Waals surface area contributed by atoms with Crippen LogP contribution in [-0.4, -0.2) is 53.6 Å². The van der Waals surface area contributed by atoms with Gasteiger partial charge in [0.05, 0.1) is 17.9 Å². The number of ketones is 2. The molecule has 5 fully saturated rings. The van der Waals surface area contributed by atoms with Crippen molar-refractivity contribution in [3.8, 4) is 0 Å². The van der Waals surface area contributed by atoms with E-state index in [-0.39, 0.29) is 29.3 Å². The Morgan fingerprint density at radius 2 is 1.71 bits per heavy atom. The van der Waals surface area contributed by atoms with Crippen LogP contribution in [0, 0.1) is 44.3 Å². The summed E-state index contributed by atoms with van der Waals surface area (Å²) in [5.74, 6) is -7.78. The van der Waals surface area contributed by atoms with Crippen molar-refractivity contribution in [2.75, 3.05) is 7.11 Å². The molecule has 0 bridgehead atoms. The fourth-order valence-corrected chi connectivity index (χ4v) is 10.4. The van der Waals surface area contributed by atoms with E-state index < -0.39 is 79.9 Å². The zero-order chi connectivity index (χ0) is 28.4. The molecule has 10 nitrogen and oxygen atoms in total. The van der Waals surface area contributed by atoms with Crippen molar-refractivity contribution in [1.29, 1.82) is 0 Å². The maximum absolute atomic E-state index is 14.8. The molecule has 6 rings (SSSR count). The first-order valence-electron chi connectivity index (χ1n) is 12.8. The van der Waals surface area contributed by atoms with Crippen LogP contribution in [0.1, 0.15) is 54.9 Å². The van der Waals surface area contributed by atoms with Gasteiger partial charge in [0.15, 0.2) is 11.2 Å². The van der Waals surface area contributed by atoms with Gasteiger partial charge in [-0.1, -0.05) is 34.3 Å². The lowest BCUT2D eigenvalue weighted by Gasteiger charge is -2.65. The average Bonchev–Trinajstić information content (AvgIpc) is 3.16. The van der Waals surface area contributed by atoms with Crippen LogP contribution >= 0.6 is 0 Å². The molecule has 1 saturated heterocycles. The fourth-order valence-electron chi connectivity index (χ4n) is 10.4. The first kappa shape index (κ1) is 25.3. The van der Waals surface area contributed by atoms with Gasteiger partial charge in [0.25, 0.3) is 5.79 Å². The van der Waals surface area contributed by atoms with Gasteiger partial charge in [-0.3, -0.25) is 24.0 Å². The van der Waals surface area contributed by atoms with Gasteiger partial charge in [-0.25, -0.2) is 0 Å². The van der Waals surface area contributed by atoms with Crippen molar-refractivity contribution in [2.24, 2.45) is 44.3 Å². The van der Waals surface area contributed by atoms with Crippen LogP contribution in [0.5, 0.6) is 0 Å². The fraction of sp³-hybridized carbons (Fsp3) is 0.679. The van der Waals surface area contributed by atoms with Crippen LogP contribution in [0.4, 0.5) is 0 Å². The van der Waals surface area contributed by atoms with Crippen LogP contribution in [0.15, 0.2) is 23.7 Å². The second kappa shape index (κ2) is 6.24. The molecule has 2 heterocycles. The third-order valence-electron chi connectivity index (χ3n) is 11.9. The predicted molar refractivity (Wildman–Crippen MR) is 126 cm³/mol. The van der Waals surface area contributed by atoms with Gasteiger partial charge in [-0.2, -0.15) is 0 Å². The van der Waals surface area contributed by atoms with Crippen LogP contribution in [-0.2, 0) is 42.9 Å². The number of rotatable bonds is 2. The van der Waals surface area contributed by atoms with E-state index in [1.807, 2.05) is 6.92 Å². The van der Waals surface area contributed by atoms with E-state index in [1.54, 1.807) is 13.8 Å². The number of aliphatic hydroxyl groups is 1. The van der Waals surface area contributed by atoms with Crippen LogP contribution in [0.2, 0.25) is 0 Å². The van der Waals surface area contributed by atoms with Gasteiger partial charge in [0.1, 0.15) is 23.1 Å². The van der Waals surface area contributed by atoms with Crippen molar-refractivity contribution in [2.45, 2.75) is 66.8 Å². The molecule has 0 aromatic heterocycles. The second-order valence-electron chi connectivity index (χ2n) is 12.8. The molecule has 6 aliphatic rings. The van der Waals surface area contributed by atoms with Gasteiger partial charge in [-0.05, 0) is 30.8 Å². The molecule has 1 N–H and O–H groups in total. The van der Waals surface area contributed by atoms with E-state index in [4.69, 9.17) is 18.9 Å². The van der Waals surface area contributed by atoms with Crippen molar-refractivity contribution in [1.82, 2.24) is 0 Å². The Labute approximate surface area is 219 Å². The Balaban J connectivity index is 1.80. The molecule has 2 aliphatic heterocycles. The van der Waals surface area contributed by atoms with E-state index in [0.717, 1.165) is 7.11 Å². The van der Waals surface area contributed by atoms with Crippen LogP contribution < -0.4 is 0 Å². The van der Waals surface area contributed by atoms with E-state index in [2.05, 4.69) is 6.58 Å². The van der Waals surface area contributed by atoms with Gasteiger partial charge in [0.2, 0.25) is 5.78 Å². The van der Waals surface area contributed by atoms with E-state index in [9.17, 15) is 29.1 Å². The Hall–Kier alpha value is -3.01. The summed E-state index contributed by atoms with van der Waals surface area (Å²) < 4.78 is 22.9. The van der Waals surface area contributed by atoms with Crippen molar-refractivity contribution in [3.05, 3.63) is 23.7 Å². The molecule has 1 spiro atoms. The summed E-state index contributed by atoms with van der Waals surface area (Å²) in [6.45, 7) is 15.0. The summed E-state index contributed by atoms with van der Waals surface area (Å²) in [6, 6.07) is 0. The number of allylic oxidation sites excluding steroid dienone is 1. The SMILES string of the molecule is C=C1[C@@H](OC(C)=O)[C@H]2[C@]3(C)[C@H]4CC(=O)C(C)(C)[C@]43C(=O)[C@]3(O)OC4=C(C)OC(=O)[C@@]1(C)[C@]4(C(=O)OC)[C@]23C. The highest BCUT2D eigenvalue weighted by atomic mass is 16.7. The summed E-state index contributed by atoms with van der Waals surface area (Å²) in [5.41, 5.74) is -9.42. The zero-order valence-corrected chi connectivity index (χ0v) is 22.8. The maximum atomic E-state index is 14.8. The minimum Gasteiger partial charge on any atom is -0.468 e. The largest absolute Gasteiger partial charge is 0.468 e. The monoisotopic (exact) mass is 528 g/mol. The molecule has 4 saturated carbocycles. The highest BCUT2D eigenvalue weighted by molar-refractivity contribution is 6.10. The van der Waals surface area contributed by atoms with E-state index in [0.29, 0.717) is 0 Å². The molecule has 0 amide bonds. The number of hydrogen-bond acceptors (Lipinski definition) is 10. The first-order chi connectivity index (χ1) is 17.4. The van der Waals surface area contributed by atoms with Gasteiger partial charge in [0, 0.05) is 24.7 Å². The standard InChI is InChI=1S/C28H32O10/c1-11-16(37-13(3)29)17-24(7)14-10-15(30)22(4,5)26(14,24)19(31)28(34)25(17,8)27(21(33)35-9)18(38-28)12(2)36-20(32)23(11,27)6/h14,16-17,34H,1,10H2,2-9H3/t14-,16-,17+,23+,24+,25+,26-,27+,28+/m1/s1. The Kier molecular flexibility index (Phi) is 4.15. The van der Waals surface area contributed by atoms with Crippen molar-refractivity contribution in [3.63, 3.8) is 0 Å². The molecule has 0 aromatic rings. The highest BCUT2D eigenvalue weighted by Gasteiger charge is 3.03. The van der Waals surface area contributed by atoms with Gasteiger partial charge in [-0.15, -0.1) is 0 Å². The summed E-state index contributed by atoms with van der Waals surface area (Å²) in [5, 5.41) is 12.6. The quantitative estimate of drug-likeness (QED) is 0.321. The third-order valence-corrected chi connectivity index (χ3v) is 11.9. The summed E-state index contributed by atoms with van der Waals surface area (Å²) in [6.07, 6.45) is -1.14. The number of ether oxygens (including phenoxy) is 4. The summed E-state index contributed by atoms with van der Waals surface area (Å²) in [4.78, 5) is 68.3.